The Balaban J connectivity index is 2.18. The lowest BCUT2D eigenvalue weighted by atomic mass is 9.93. The Kier molecular flexibility index (Phi) is 3.67. The van der Waals surface area contributed by atoms with Crippen molar-refractivity contribution < 1.29 is 23.7 Å². The topological polar surface area (TPSA) is 54.0 Å². The maximum Gasteiger partial charge on any atom is 0.338 e. The maximum atomic E-state index is 11.9. The Morgan fingerprint density at radius 2 is 2.00 bits per heavy atom. The molecule has 5 heteroatoms. The van der Waals surface area contributed by atoms with Crippen molar-refractivity contribution in [2.45, 2.75) is 64.3 Å². The molecule has 2 aliphatic rings. The quantitative estimate of drug-likeness (QED) is 0.718. The highest BCUT2D eigenvalue weighted by molar-refractivity contribution is 5.77. The van der Waals surface area contributed by atoms with Gasteiger partial charge in [-0.25, -0.2) is 4.79 Å². The van der Waals surface area contributed by atoms with Gasteiger partial charge < -0.3 is 18.9 Å². The van der Waals surface area contributed by atoms with Crippen LogP contribution >= 0.6 is 0 Å². The molecule has 2 saturated heterocycles. The normalized spacial score (nSPS) is 38.7. The second-order valence-corrected chi connectivity index (χ2v) is 5.83. The minimum absolute atomic E-state index is 0.263. The molecule has 0 saturated carbocycles. The summed E-state index contributed by atoms with van der Waals surface area (Å²) >= 11 is 0. The number of rotatable bonds is 3. The number of hydrogen-bond acceptors (Lipinski definition) is 5. The first-order chi connectivity index (χ1) is 8.34. The predicted octanol–water partition coefficient (Wildman–Crippen LogP) is 1.49. The van der Waals surface area contributed by atoms with Gasteiger partial charge in [0.2, 0.25) is 0 Å². The molecule has 18 heavy (non-hydrogen) atoms. The summed E-state index contributed by atoms with van der Waals surface area (Å²) < 4.78 is 22.3. The SMILES string of the molecule is CO[C@@H]1[C@H]2OC(C)(C)O[C@H]2C(=O)O[C@H]1CC(C)C. The smallest absolute Gasteiger partial charge is 0.338 e. The molecule has 2 fully saturated rings. The average Bonchev–Trinajstić information content (AvgIpc) is 2.54. The molecule has 2 aliphatic heterocycles. The molecule has 0 aromatic rings. The zero-order chi connectivity index (χ0) is 13.5. The molecule has 0 aromatic carbocycles. The van der Waals surface area contributed by atoms with E-state index in [1.807, 2.05) is 0 Å². The van der Waals surface area contributed by atoms with Gasteiger partial charge in [-0.3, -0.25) is 0 Å². The van der Waals surface area contributed by atoms with Crippen LogP contribution in [0.4, 0.5) is 0 Å². The van der Waals surface area contributed by atoms with Gasteiger partial charge in [0.05, 0.1) is 0 Å². The fraction of sp³-hybridized carbons (Fsp3) is 0.923. The van der Waals surface area contributed by atoms with Crippen LogP contribution in [-0.2, 0) is 23.7 Å². The molecule has 5 nitrogen and oxygen atoms in total. The molecule has 0 aromatic heterocycles. The van der Waals surface area contributed by atoms with Gasteiger partial charge in [0.1, 0.15) is 18.3 Å². The Labute approximate surface area is 108 Å². The van der Waals surface area contributed by atoms with E-state index in [0.717, 1.165) is 6.42 Å². The summed E-state index contributed by atoms with van der Waals surface area (Å²) in [5.74, 6) is -0.686. The number of methoxy groups -OCH3 is 1. The van der Waals surface area contributed by atoms with E-state index in [2.05, 4.69) is 13.8 Å². The van der Waals surface area contributed by atoms with Gasteiger partial charge in [-0.1, -0.05) is 13.8 Å². The molecule has 0 radical (unpaired) electrons. The first-order valence-electron chi connectivity index (χ1n) is 6.43. The lowest BCUT2D eigenvalue weighted by molar-refractivity contribution is -0.191. The molecule has 2 heterocycles. The van der Waals surface area contributed by atoms with E-state index in [-0.39, 0.29) is 24.3 Å². The maximum absolute atomic E-state index is 11.9. The van der Waals surface area contributed by atoms with Crippen LogP contribution < -0.4 is 0 Å². The third-order valence-corrected chi connectivity index (χ3v) is 3.30. The van der Waals surface area contributed by atoms with E-state index in [9.17, 15) is 4.79 Å². The predicted molar refractivity (Wildman–Crippen MR) is 64.0 cm³/mol. The van der Waals surface area contributed by atoms with E-state index in [1.54, 1.807) is 21.0 Å². The van der Waals surface area contributed by atoms with Crippen molar-refractivity contribution in [1.29, 1.82) is 0 Å². The van der Waals surface area contributed by atoms with Crippen molar-refractivity contribution in [3.63, 3.8) is 0 Å². The minimum atomic E-state index is -0.766. The molecule has 4 atom stereocenters. The molecule has 0 amide bonds. The minimum Gasteiger partial charge on any atom is -0.457 e. The summed E-state index contributed by atoms with van der Waals surface area (Å²) in [4.78, 5) is 11.9. The van der Waals surface area contributed by atoms with Crippen molar-refractivity contribution in [1.82, 2.24) is 0 Å². The first-order valence-corrected chi connectivity index (χ1v) is 6.43. The highest BCUT2D eigenvalue weighted by Crippen LogP contribution is 2.37. The zero-order valence-corrected chi connectivity index (χ0v) is 11.6. The van der Waals surface area contributed by atoms with E-state index in [4.69, 9.17) is 18.9 Å². The summed E-state index contributed by atoms with van der Waals surface area (Å²) in [5.41, 5.74) is 0. The van der Waals surface area contributed by atoms with Gasteiger partial charge in [0.25, 0.3) is 0 Å². The fourth-order valence-electron chi connectivity index (χ4n) is 2.64. The van der Waals surface area contributed by atoms with Crippen LogP contribution in [0.25, 0.3) is 0 Å². The van der Waals surface area contributed by atoms with Crippen LogP contribution in [0.1, 0.15) is 34.1 Å². The number of cyclic esters (lactones) is 1. The number of carbonyl (C=O) groups excluding carboxylic acids is 1. The van der Waals surface area contributed by atoms with E-state index in [0.29, 0.717) is 5.92 Å². The van der Waals surface area contributed by atoms with Gasteiger partial charge in [-0.05, 0) is 26.2 Å². The van der Waals surface area contributed by atoms with Gasteiger partial charge in [-0.15, -0.1) is 0 Å². The second-order valence-electron chi connectivity index (χ2n) is 5.83. The highest BCUT2D eigenvalue weighted by atomic mass is 16.8. The zero-order valence-electron chi connectivity index (χ0n) is 11.6. The van der Waals surface area contributed by atoms with E-state index >= 15 is 0 Å². The summed E-state index contributed by atoms with van der Waals surface area (Å²) in [6.07, 6.45) is -0.821. The molecule has 0 spiro atoms. The number of ether oxygens (including phenoxy) is 4. The van der Waals surface area contributed by atoms with E-state index < -0.39 is 11.9 Å². The fourth-order valence-corrected chi connectivity index (χ4v) is 2.64. The standard InChI is InChI=1S/C13H22O5/c1-7(2)6-8-9(15-5)10-11(12(14)16-8)18-13(3,4)17-10/h7-11H,6H2,1-5H3/t8-,9-,10+,11+/m0/s1. The van der Waals surface area contributed by atoms with Gasteiger partial charge in [-0.2, -0.15) is 0 Å². The third-order valence-electron chi connectivity index (χ3n) is 3.30. The van der Waals surface area contributed by atoms with Crippen LogP contribution in [0.15, 0.2) is 0 Å². The van der Waals surface area contributed by atoms with Crippen LogP contribution in [0.2, 0.25) is 0 Å². The summed E-state index contributed by atoms with van der Waals surface area (Å²) in [7, 11) is 1.61. The van der Waals surface area contributed by atoms with Crippen molar-refractivity contribution in [3.8, 4) is 0 Å². The number of hydrogen-bond donors (Lipinski definition) is 0. The molecule has 0 aliphatic carbocycles. The third kappa shape index (κ3) is 2.53. The molecular weight excluding hydrogens is 236 g/mol. The molecular formula is C13H22O5. The number of esters is 1. The summed E-state index contributed by atoms with van der Waals surface area (Å²) in [6.45, 7) is 7.76. The lowest BCUT2D eigenvalue weighted by Crippen LogP contribution is -2.55. The second kappa shape index (κ2) is 4.79. The Morgan fingerprint density at radius 1 is 1.33 bits per heavy atom. The summed E-state index contributed by atoms with van der Waals surface area (Å²) in [6, 6.07) is 0. The van der Waals surface area contributed by atoms with Gasteiger partial charge >= 0.3 is 5.97 Å². The number of carbonyl (C=O) groups is 1. The number of fused-ring (bicyclic) bond motifs is 1. The summed E-state index contributed by atoms with van der Waals surface area (Å²) in [5, 5.41) is 0. The molecule has 0 N–H and O–H groups in total. The van der Waals surface area contributed by atoms with Crippen LogP contribution in [-0.4, -0.2) is 43.3 Å². The lowest BCUT2D eigenvalue weighted by Gasteiger charge is -2.36. The Morgan fingerprint density at radius 3 is 2.56 bits per heavy atom. The van der Waals surface area contributed by atoms with Crippen molar-refractivity contribution >= 4 is 5.97 Å². The highest BCUT2D eigenvalue weighted by Gasteiger charge is 2.55. The van der Waals surface area contributed by atoms with Gasteiger partial charge in [0, 0.05) is 7.11 Å². The van der Waals surface area contributed by atoms with Crippen LogP contribution in [0.5, 0.6) is 0 Å². The Bertz CT molecular complexity index is 325. The van der Waals surface area contributed by atoms with Crippen LogP contribution in [0, 0.1) is 5.92 Å². The van der Waals surface area contributed by atoms with Crippen LogP contribution in [0.3, 0.4) is 0 Å². The largest absolute Gasteiger partial charge is 0.457 e. The molecule has 104 valence electrons. The first kappa shape index (κ1) is 13.8. The van der Waals surface area contributed by atoms with Crippen molar-refractivity contribution in [2.75, 3.05) is 7.11 Å². The molecule has 0 unspecified atom stereocenters. The van der Waals surface area contributed by atoms with Crippen molar-refractivity contribution in [3.05, 3.63) is 0 Å². The van der Waals surface area contributed by atoms with E-state index in [1.165, 1.54) is 0 Å². The monoisotopic (exact) mass is 258 g/mol. The van der Waals surface area contributed by atoms with Crippen molar-refractivity contribution in [2.24, 2.45) is 5.92 Å². The Hall–Kier alpha value is -0.650. The van der Waals surface area contributed by atoms with Gasteiger partial charge in [0.15, 0.2) is 11.9 Å². The molecule has 0 bridgehead atoms. The molecule has 2 rings (SSSR count). The average molecular weight is 258 g/mol.